The van der Waals surface area contributed by atoms with Crippen molar-refractivity contribution >= 4 is 23.1 Å². The molecule has 4 nitrogen and oxygen atoms in total. The summed E-state index contributed by atoms with van der Waals surface area (Å²) in [7, 11) is 0. The molecule has 0 radical (unpaired) electrons. The van der Waals surface area contributed by atoms with Crippen molar-refractivity contribution in [3.05, 3.63) is 48.2 Å². The number of hydrogen-bond donors (Lipinski definition) is 1. The Kier molecular flexibility index (Phi) is 2.87. The normalized spacial score (nSPS) is 11.1. The Morgan fingerprint density at radius 2 is 2.16 bits per heavy atom. The van der Waals surface area contributed by atoms with Crippen LogP contribution >= 0.6 is 11.8 Å². The van der Waals surface area contributed by atoms with Crippen LogP contribution < -0.4 is 5.73 Å². The zero-order valence-electron chi connectivity index (χ0n) is 10.2. The number of nitrogens with zero attached hydrogens (tertiary/aromatic N) is 3. The summed E-state index contributed by atoms with van der Waals surface area (Å²) in [6, 6.07) is 7.23. The highest BCUT2D eigenvalue weighted by Crippen LogP contribution is 2.33. The van der Waals surface area contributed by atoms with Crippen molar-refractivity contribution in [1.29, 1.82) is 0 Å². The van der Waals surface area contributed by atoms with E-state index in [1.165, 1.54) is 18.1 Å². The fourth-order valence-electron chi connectivity index (χ4n) is 1.79. The molecule has 0 aliphatic carbocycles. The number of pyridine rings is 1. The predicted molar refractivity (Wildman–Crippen MR) is 72.7 cm³/mol. The topological polar surface area (TPSA) is 56.2 Å². The lowest BCUT2D eigenvalue weighted by Crippen LogP contribution is -1.95. The Hall–Kier alpha value is -2.08. The Morgan fingerprint density at radius 1 is 1.32 bits per heavy atom. The van der Waals surface area contributed by atoms with E-state index in [1.54, 1.807) is 17.5 Å². The van der Waals surface area contributed by atoms with E-state index in [2.05, 4.69) is 10.1 Å². The van der Waals surface area contributed by atoms with Gasteiger partial charge >= 0.3 is 0 Å². The van der Waals surface area contributed by atoms with Crippen LogP contribution in [0.25, 0.3) is 5.65 Å². The fourth-order valence-corrected chi connectivity index (χ4v) is 2.71. The van der Waals surface area contributed by atoms with Gasteiger partial charge in [0, 0.05) is 21.6 Å². The lowest BCUT2D eigenvalue weighted by molar-refractivity contribution is 0.618. The summed E-state index contributed by atoms with van der Waals surface area (Å²) >= 11 is 1.48. The van der Waals surface area contributed by atoms with Crippen LogP contribution in [0.15, 0.2) is 46.6 Å². The number of aromatic nitrogens is 3. The quantitative estimate of drug-likeness (QED) is 0.730. The summed E-state index contributed by atoms with van der Waals surface area (Å²) in [6.07, 6.45) is 3.32. The molecule has 0 saturated carbocycles. The summed E-state index contributed by atoms with van der Waals surface area (Å²) in [5.74, 6) is -0.353. The Balaban J connectivity index is 1.98. The lowest BCUT2D eigenvalue weighted by Gasteiger charge is -2.08. The van der Waals surface area contributed by atoms with Gasteiger partial charge in [-0.15, -0.1) is 0 Å². The lowest BCUT2D eigenvalue weighted by atomic mass is 10.2. The molecule has 0 unspecified atom stereocenters. The molecular weight excluding hydrogens is 263 g/mol. The summed E-state index contributed by atoms with van der Waals surface area (Å²) in [5.41, 5.74) is 7.04. The van der Waals surface area contributed by atoms with Crippen molar-refractivity contribution in [3.8, 4) is 0 Å². The highest BCUT2D eigenvalue weighted by Gasteiger charge is 2.09. The number of hydrogen-bond acceptors (Lipinski definition) is 4. The number of anilines is 1. The van der Waals surface area contributed by atoms with E-state index >= 15 is 0 Å². The maximum Gasteiger partial charge on any atom is 0.156 e. The molecule has 0 bridgehead atoms. The first-order valence-electron chi connectivity index (χ1n) is 5.67. The zero-order valence-corrected chi connectivity index (χ0v) is 11.0. The summed E-state index contributed by atoms with van der Waals surface area (Å²) in [4.78, 5) is 5.94. The van der Waals surface area contributed by atoms with Gasteiger partial charge in [-0.2, -0.15) is 5.10 Å². The monoisotopic (exact) mass is 274 g/mol. The van der Waals surface area contributed by atoms with E-state index in [0.717, 1.165) is 15.4 Å². The van der Waals surface area contributed by atoms with Gasteiger partial charge in [0.1, 0.15) is 12.1 Å². The minimum Gasteiger partial charge on any atom is -0.396 e. The Labute approximate surface area is 113 Å². The molecule has 0 saturated heterocycles. The van der Waals surface area contributed by atoms with Gasteiger partial charge in [-0.1, -0.05) is 11.8 Å². The number of nitrogen functional groups attached to an aromatic ring is 1. The zero-order chi connectivity index (χ0) is 13.4. The Bertz CT molecular complexity index is 753. The predicted octanol–water partition coefficient (Wildman–Crippen LogP) is 2.91. The van der Waals surface area contributed by atoms with Gasteiger partial charge in [0.25, 0.3) is 0 Å². The highest BCUT2D eigenvalue weighted by atomic mass is 32.2. The number of nitrogens with two attached hydrogens (primary N) is 1. The van der Waals surface area contributed by atoms with Crippen molar-refractivity contribution in [2.24, 2.45) is 0 Å². The van der Waals surface area contributed by atoms with E-state index in [0.29, 0.717) is 5.56 Å². The molecular formula is C13H11FN4S. The van der Waals surface area contributed by atoms with Gasteiger partial charge in [-0.05, 0) is 31.2 Å². The van der Waals surface area contributed by atoms with Gasteiger partial charge in [0.2, 0.25) is 0 Å². The first-order chi connectivity index (χ1) is 9.15. The molecule has 3 rings (SSSR count). The van der Waals surface area contributed by atoms with Crippen molar-refractivity contribution in [2.75, 3.05) is 5.73 Å². The van der Waals surface area contributed by atoms with Crippen LogP contribution in [0.1, 0.15) is 5.56 Å². The van der Waals surface area contributed by atoms with Gasteiger partial charge in [-0.3, -0.25) is 0 Å². The van der Waals surface area contributed by atoms with Gasteiger partial charge in [0.05, 0.1) is 5.69 Å². The molecule has 2 aromatic heterocycles. The van der Waals surface area contributed by atoms with Crippen LogP contribution in [0.3, 0.4) is 0 Å². The van der Waals surface area contributed by atoms with Crippen LogP contribution in [0.5, 0.6) is 0 Å². The largest absolute Gasteiger partial charge is 0.396 e. The Morgan fingerprint density at radius 3 is 3.00 bits per heavy atom. The van der Waals surface area contributed by atoms with Crippen LogP contribution in [0, 0.1) is 12.7 Å². The molecule has 0 amide bonds. The van der Waals surface area contributed by atoms with E-state index < -0.39 is 0 Å². The molecule has 0 aliphatic rings. The van der Waals surface area contributed by atoms with Crippen LogP contribution in [0.4, 0.5) is 10.1 Å². The second kappa shape index (κ2) is 4.55. The second-order valence-corrected chi connectivity index (χ2v) is 5.23. The van der Waals surface area contributed by atoms with Crippen molar-refractivity contribution in [1.82, 2.24) is 14.6 Å². The smallest absolute Gasteiger partial charge is 0.156 e. The third kappa shape index (κ3) is 2.15. The first-order valence-corrected chi connectivity index (χ1v) is 6.48. The van der Waals surface area contributed by atoms with Crippen LogP contribution in [-0.4, -0.2) is 14.6 Å². The van der Waals surface area contributed by atoms with Crippen molar-refractivity contribution < 1.29 is 4.39 Å². The fraction of sp³-hybridized carbons (Fsp3) is 0.0769. The molecule has 19 heavy (non-hydrogen) atoms. The highest BCUT2D eigenvalue weighted by molar-refractivity contribution is 7.99. The van der Waals surface area contributed by atoms with Gasteiger partial charge in [-0.25, -0.2) is 13.9 Å². The van der Waals surface area contributed by atoms with Crippen LogP contribution in [-0.2, 0) is 0 Å². The number of rotatable bonds is 2. The van der Waals surface area contributed by atoms with Gasteiger partial charge in [0.15, 0.2) is 5.65 Å². The third-order valence-electron chi connectivity index (χ3n) is 2.85. The summed E-state index contributed by atoms with van der Waals surface area (Å²) < 4.78 is 15.4. The average molecular weight is 274 g/mol. The molecule has 3 aromatic rings. The van der Waals surface area contributed by atoms with Crippen LogP contribution in [0.2, 0.25) is 0 Å². The maximum atomic E-state index is 13.7. The van der Waals surface area contributed by atoms with Gasteiger partial charge < -0.3 is 5.73 Å². The minimum absolute atomic E-state index is 0.176. The summed E-state index contributed by atoms with van der Waals surface area (Å²) in [6.45, 7) is 1.73. The van der Waals surface area contributed by atoms with E-state index in [4.69, 9.17) is 5.73 Å². The molecule has 0 fully saturated rings. The van der Waals surface area contributed by atoms with Crippen molar-refractivity contribution in [3.63, 3.8) is 0 Å². The molecule has 0 atom stereocenters. The molecule has 1 aromatic carbocycles. The first kappa shape index (κ1) is 12.0. The third-order valence-corrected chi connectivity index (χ3v) is 4.00. The number of benzene rings is 1. The molecule has 96 valence electrons. The molecule has 2 heterocycles. The SMILES string of the molecule is Cc1c(Sc2ccn3ncnc3c2)ccc(N)c1F. The van der Waals surface area contributed by atoms with E-state index in [1.807, 2.05) is 24.4 Å². The summed E-state index contributed by atoms with van der Waals surface area (Å²) in [5, 5.41) is 4.03. The molecule has 6 heteroatoms. The number of fused-ring (bicyclic) bond motifs is 1. The molecule has 2 N–H and O–H groups in total. The van der Waals surface area contributed by atoms with E-state index in [9.17, 15) is 4.39 Å². The standard InChI is InChI=1S/C13H11FN4S/c1-8-11(3-2-10(15)13(8)14)19-9-4-5-18-12(6-9)16-7-17-18/h2-7H,15H2,1H3. The maximum absolute atomic E-state index is 13.7. The second-order valence-electron chi connectivity index (χ2n) is 4.12. The minimum atomic E-state index is -0.353. The number of halogens is 1. The van der Waals surface area contributed by atoms with E-state index in [-0.39, 0.29) is 11.5 Å². The molecule has 0 spiro atoms. The molecule has 0 aliphatic heterocycles. The average Bonchev–Trinajstić information content (AvgIpc) is 2.87. The van der Waals surface area contributed by atoms with Crippen molar-refractivity contribution in [2.45, 2.75) is 16.7 Å².